The minimum Gasteiger partial charge on any atom is -0.493 e. The second-order valence-electron chi connectivity index (χ2n) is 5.39. The summed E-state index contributed by atoms with van der Waals surface area (Å²) in [4.78, 5) is 12.8. The van der Waals surface area contributed by atoms with Gasteiger partial charge in [0.15, 0.2) is 0 Å². The van der Waals surface area contributed by atoms with Gasteiger partial charge in [0.25, 0.3) is 5.69 Å². The first kappa shape index (κ1) is 14.8. The van der Waals surface area contributed by atoms with Gasteiger partial charge >= 0.3 is 0 Å². The van der Waals surface area contributed by atoms with Crippen LogP contribution in [0.2, 0.25) is 0 Å². The van der Waals surface area contributed by atoms with E-state index in [0.29, 0.717) is 18.1 Å². The highest BCUT2D eigenvalue weighted by molar-refractivity contribution is 5.44. The van der Waals surface area contributed by atoms with Crippen molar-refractivity contribution in [1.29, 1.82) is 0 Å². The van der Waals surface area contributed by atoms with Crippen LogP contribution < -0.4 is 4.74 Å². The van der Waals surface area contributed by atoms with E-state index in [-0.39, 0.29) is 10.6 Å². The lowest BCUT2D eigenvalue weighted by molar-refractivity contribution is -0.385. The third-order valence-electron chi connectivity index (χ3n) is 4.01. The van der Waals surface area contributed by atoms with Gasteiger partial charge in [-0.2, -0.15) is 0 Å². The van der Waals surface area contributed by atoms with Crippen LogP contribution in [0.1, 0.15) is 25.3 Å². The molecule has 0 atom stereocenters. The maximum atomic E-state index is 10.8. The van der Waals surface area contributed by atoms with Gasteiger partial charge in [-0.05, 0) is 57.5 Å². The maximum absolute atomic E-state index is 10.8. The molecular weight excluding hydrogens is 256 g/mol. The Hall–Kier alpha value is -1.62. The van der Waals surface area contributed by atoms with Crippen LogP contribution in [-0.2, 0) is 0 Å². The third-order valence-corrected chi connectivity index (χ3v) is 4.01. The van der Waals surface area contributed by atoms with Gasteiger partial charge in [0.2, 0.25) is 0 Å². The molecule has 1 aliphatic rings. The van der Waals surface area contributed by atoms with Crippen molar-refractivity contribution in [2.24, 2.45) is 5.92 Å². The molecule has 1 aromatic carbocycles. The summed E-state index contributed by atoms with van der Waals surface area (Å²) >= 11 is 0. The third kappa shape index (κ3) is 3.70. The van der Waals surface area contributed by atoms with E-state index in [0.717, 1.165) is 25.4 Å². The van der Waals surface area contributed by atoms with Gasteiger partial charge in [0, 0.05) is 11.6 Å². The zero-order chi connectivity index (χ0) is 14.5. The van der Waals surface area contributed by atoms with Crippen LogP contribution in [0.5, 0.6) is 5.75 Å². The van der Waals surface area contributed by atoms with Crippen molar-refractivity contribution in [3.63, 3.8) is 0 Å². The number of rotatable bonds is 5. The van der Waals surface area contributed by atoms with Crippen LogP contribution in [0.4, 0.5) is 5.69 Å². The normalized spacial score (nSPS) is 17.1. The molecule has 110 valence electrons. The number of aryl methyl sites for hydroxylation is 1. The second kappa shape index (κ2) is 6.70. The molecule has 0 amide bonds. The highest BCUT2D eigenvalue weighted by Gasteiger charge is 2.19. The molecule has 5 nitrogen and oxygen atoms in total. The van der Waals surface area contributed by atoms with Crippen molar-refractivity contribution in [2.75, 3.05) is 26.2 Å². The Morgan fingerprint density at radius 2 is 2.10 bits per heavy atom. The molecule has 1 heterocycles. The Labute approximate surface area is 119 Å². The fraction of sp³-hybridized carbons (Fsp3) is 0.600. The van der Waals surface area contributed by atoms with Crippen LogP contribution in [0, 0.1) is 23.0 Å². The highest BCUT2D eigenvalue weighted by Crippen LogP contribution is 2.24. The minimum absolute atomic E-state index is 0.147. The highest BCUT2D eigenvalue weighted by atomic mass is 16.6. The second-order valence-corrected chi connectivity index (χ2v) is 5.39. The van der Waals surface area contributed by atoms with Crippen molar-refractivity contribution in [3.8, 4) is 5.75 Å². The van der Waals surface area contributed by atoms with Gasteiger partial charge in [-0.15, -0.1) is 0 Å². The lowest BCUT2D eigenvalue weighted by Gasteiger charge is -2.30. The Bertz CT molecular complexity index is 468. The SMILES string of the molecule is CCN1CCC(COc2ccc([N+](=O)[O-])c(C)c2)CC1. The Balaban J connectivity index is 1.85. The van der Waals surface area contributed by atoms with Crippen LogP contribution in [-0.4, -0.2) is 36.1 Å². The van der Waals surface area contributed by atoms with E-state index in [1.165, 1.54) is 18.9 Å². The average molecular weight is 278 g/mol. The molecule has 0 saturated carbocycles. The minimum atomic E-state index is -0.362. The van der Waals surface area contributed by atoms with E-state index in [1.807, 2.05) is 0 Å². The summed E-state index contributed by atoms with van der Waals surface area (Å²) in [5.74, 6) is 1.32. The largest absolute Gasteiger partial charge is 0.493 e. The molecule has 0 aromatic heterocycles. The van der Waals surface area contributed by atoms with E-state index in [2.05, 4.69) is 11.8 Å². The summed E-state index contributed by atoms with van der Waals surface area (Å²) in [6.07, 6.45) is 2.33. The van der Waals surface area contributed by atoms with Crippen molar-refractivity contribution >= 4 is 5.69 Å². The Morgan fingerprint density at radius 1 is 1.40 bits per heavy atom. The van der Waals surface area contributed by atoms with Crippen LogP contribution in [0.25, 0.3) is 0 Å². The van der Waals surface area contributed by atoms with E-state index < -0.39 is 0 Å². The van der Waals surface area contributed by atoms with Gasteiger partial charge in [-0.3, -0.25) is 10.1 Å². The molecule has 1 saturated heterocycles. The fourth-order valence-electron chi connectivity index (χ4n) is 2.61. The molecule has 0 unspecified atom stereocenters. The van der Waals surface area contributed by atoms with Crippen molar-refractivity contribution < 1.29 is 9.66 Å². The van der Waals surface area contributed by atoms with Gasteiger partial charge < -0.3 is 9.64 Å². The summed E-state index contributed by atoms with van der Waals surface area (Å²) < 4.78 is 5.79. The van der Waals surface area contributed by atoms with E-state index in [4.69, 9.17) is 4.74 Å². The molecule has 1 aliphatic heterocycles. The number of ether oxygens (including phenoxy) is 1. The molecule has 2 rings (SSSR count). The first-order valence-electron chi connectivity index (χ1n) is 7.20. The Kier molecular flexibility index (Phi) is 4.95. The number of nitro benzene ring substituents is 1. The molecule has 0 aliphatic carbocycles. The quantitative estimate of drug-likeness (QED) is 0.613. The van der Waals surface area contributed by atoms with Gasteiger partial charge in [0.05, 0.1) is 11.5 Å². The molecular formula is C15H22N2O3. The average Bonchev–Trinajstić information content (AvgIpc) is 2.45. The monoisotopic (exact) mass is 278 g/mol. The molecule has 20 heavy (non-hydrogen) atoms. The lowest BCUT2D eigenvalue weighted by Crippen LogP contribution is -2.35. The predicted octanol–water partition coefficient (Wildman–Crippen LogP) is 3.01. The van der Waals surface area contributed by atoms with E-state index in [1.54, 1.807) is 19.1 Å². The zero-order valence-corrected chi connectivity index (χ0v) is 12.2. The van der Waals surface area contributed by atoms with Crippen LogP contribution in [0.15, 0.2) is 18.2 Å². The van der Waals surface area contributed by atoms with Crippen molar-refractivity contribution in [2.45, 2.75) is 26.7 Å². The topological polar surface area (TPSA) is 55.6 Å². The number of piperidine rings is 1. The smallest absolute Gasteiger partial charge is 0.272 e. The van der Waals surface area contributed by atoms with Gasteiger partial charge in [0.1, 0.15) is 5.75 Å². The molecule has 0 N–H and O–H groups in total. The molecule has 5 heteroatoms. The molecule has 1 aromatic rings. The summed E-state index contributed by atoms with van der Waals surface area (Å²) in [6.45, 7) is 8.04. The fourth-order valence-corrected chi connectivity index (χ4v) is 2.61. The summed E-state index contributed by atoms with van der Waals surface area (Å²) in [5, 5.41) is 10.8. The summed E-state index contributed by atoms with van der Waals surface area (Å²) in [6, 6.07) is 4.95. The number of nitrogens with zero attached hydrogens (tertiary/aromatic N) is 2. The van der Waals surface area contributed by atoms with Gasteiger partial charge in [-0.25, -0.2) is 0 Å². The first-order valence-corrected chi connectivity index (χ1v) is 7.20. The number of hydrogen-bond donors (Lipinski definition) is 0. The number of hydrogen-bond acceptors (Lipinski definition) is 4. The predicted molar refractivity (Wildman–Crippen MR) is 78.2 cm³/mol. The van der Waals surface area contributed by atoms with Crippen molar-refractivity contribution in [3.05, 3.63) is 33.9 Å². The van der Waals surface area contributed by atoms with Gasteiger partial charge in [-0.1, -0.05) is 6.92 Å². The molecule has 0 bridgehead atoms. The number of likely N-dealkylation sites (tertiary alicyclic amines) is 1. The molecule has 0 spiro atoms. The lowest BCUT2D eigenvalue weighted by atomic mass is 9.98. The molecule has 0 radical (unpaired) electrons. The summed E-state index contributed by atoms with van der Waals surface area (Å²) in [7, 11) is 0. The van der Waals surface area contributed by atoms with Crippen LogP contribution in [0.3, 0.4) is 0 Å². The number of nitro groups is 1. The number of benzene rings is 1. The Morgan fingerprint density at radius 3 is 2.65 bits per heavy atom. The van der Waals surface area contributed by atoms with E-state index in [9.17, 15) is 10.1 Å². The van der Waals surface area contributed by atoms with Crippen molar-refractivity contribution in [1.82, 2.24) is 4.90 Å². The first-order chi connectivity index (χ1) is 9.60. The zero-order valence-electron chi connectivity index (χ0n) is 12.2. The van der Waals surface area contributed by atoms with Crippen LogP contribution >= 0.6 is 0 Å². The maximum Gasteiger partial charge on any atom is 0.272 e. The molecule has 1 fully saturated rings. The van der Waals surface area contributed by atoms with E-state index >= 15 is 0 Å². The summed E-state index contributed by atoms with van der Waals surface area (Å²) in [5.41, 5.74) is 0.793. The standard InChI is InChI=1S/C15H22N2O3/c1-3-16-8-6-13(7-9-16)11-20-14-4-5-15(17(18)19)12(2)10-14/h4-5,10,13H,3,6-9,11H2,1-2H3.